The van der Waals surface area contributed by atoms with Crippen molar-refractivity contribution in [2.24, 2.45) is 5.92 Å². The number of morpholine rings is 1. The summed E-state index contributed by atoms with van der Waals surface area (Å²) >= 11 is 0. The van der Waals surface area contributed by atoms with Crippen molar-refractivity contribution in [3.8, 4) is 28.3 Å². The number of nitrogens with one attached hydrogen (secondary N) is 1. The zero-order valence-corrected chi connectivity index (χ0v) is 34.9. The van der Waals surface area contributed by atoms with Gasteiger partial charge < -0.3 is 19.5 Å². The second-order valence-electron chi connectivity index (χ2n) is 15.7. The number of fused-ring (bicyclic) bond motifs is 4. The lowest BCUT2D eigenvalue weighted by molar-refractivity contribution is -0.123. The Morgan fingerprint density at radius 1 is 0.953 bits per heavy atom. The van der Waals surface area contributed by atoms with Crippen LogP contribution in [0.25, 0.3) is 27.7 Å². The van der Waals surface area contributed by atoms with Crippen LogP contribution in [0.5, 0.6) is 11.5 Å². The molecule has 13 nitrogen and oxygen atoms in total. The molecule has 64 heavy (non-hydrogen) atoms. The highest BCUT2D eigenvalue weighted by Crippen LogP contribution is 2.68. The van der Waals surface area contributed by atoms with E-state index in [1.54, 1.807) is 30.3 Å². The minimum Gasteiger partial charge on any atom is -0.496 e. The molecule has 1 saturated carbocycles. The number of methoxy groups -OCH3 is 2. The van der Waals surface area contributed by atoms with Crippen LogP contribution in [0.4, 0.5) is 26.3 Å². The maximum Gasteiger partial charge on any atom is 0.293 e. The molecule has 0 spiro atoms. The summed E-state index contributed by atoms with van der Waals surface area (Å²) in [6.07, 6.45) is -3.64. The molecular weight excluding hydrogens is 871 g/mol. The van der Waals surface area contributed by atoms with Crippen LogP contribution in [-0.2, 0) is 38.4 Å². The molecule has 2 fully saturated rings. The van der Waals surface area contributed by atoms with Gasteiger partial charge in [-0.1, -0.05) is 12.1 Å². The third-order valence-electron chi connectivity index (χ3n) is 11.8. The van der Waals surface area contributed by atoms with Crippen LogP contribution in [0, 0.1) is 17.6 Å². The van der Waals surface area contributed by atoms with Gasteiger partial charge in [-0.25, -0.2) is 31.0 Å². The molecule has 2 aliphatic carbocycles. The zero-order chi connectivity index (χ0) is 45.2. The summed E-state index contributed by atoms with van der Waals surface area (Å²) in [5, 5.41) is 6.47. The Morgan fingerprint density at radius 3 is 2.27 bits per heavy atom. The topological polar surface area (TPSA) is 147 Å². The molecule has 1 aliphatic heterocycles. The summed E-state index contributed by atoms with van der Waals surface area (Å²) < 4.78 is 135. The van der Waals surface area contributed by atoms with Crippen LogP contribution in [0.2, 0.25) is 0 Å². The number of ether oxygens (including phenoxy) is 3. The lowest BCUT2D eigenvalue weighted by atomic mass is 10.0. The van der Waals surface area contributed by atoms with E-state index >= 15 is 8.78 Å². The van der Waals surface area contributed by atoms with Gasteiger partial charge in [0.1, 0.15) is 46.9 Å². The Hall–Kier alpha value is -6.25. The van der Waals surface area contributed by atoms with Gasteiger partial charge in [0.25, 0.3) is 17.9 Å². The highest BCUT2D eigenvalue weighted by atomic mass is 32.2. The Balaban J connectivity index is 1.20. The van der Waals surface area contributed by atoms with Gasteiger partial charge in [0.05, 0.1) is 60.5 Å². The fraction of sp³-hybridized carbons (Fsp3) is 0.318. The molecule has 6 aromatic rings. The number of hydrogen-bond donors (Lipinski definition) is 1. The van der Waals surface area contributed by atoms with Gasteiger partial charge in [-0.05, 0) is 84.1 Å². The van der Waals surface area contributed by atoms with Crippen LogP contribution in [0.3, 0.4) is 0 Å². The van der Waals surface area contributed by atoms with Gasteiger partial charge in [0.15, 0.2) is 0 Å². The average Bonchev–Trinajstić information content (AvgIpc) is 3.94. The Morgan fingerprint density at radius 2 is 1.62 bits per heavy atom. The monoisotopic (exact) mass is 908 g/mol. The van der Waals surface area contributed by atoms with Crippen LogP contribution >= 0.6 is 0 Å². The van der Waals surface area contributed by atoms with Crippen molar-refractivity contribution < 1.29 is 53.8 Å². The third-order valence-corrected chi connectivity index (χ3v) is 13.7. The molecule has 3 aliphatic rings. The van der Waals surface area contributed by atoms with Gasteiger partial charge in [-0.2, -0.15) is 18.2 Å². The fourth-order valence-electron chi connectivity index (χ4n) is 8.81. The van der Waals surface area contributed by atoms with Crippen molar-refractivity contribution in [1.82, 2.24) is 29.0 Å². The number of alkyl halides is 4. The molecule has 1 unspecified atom stereocenters. The molecule has 4 aromatic carbocycles. The standard InChI is InChI=1S/C44H38F6N6O7S/c1-61-34-4-3-5-35(62-2)37(34)24-6-11-29-32(19-24)52-42(56(43(29)58)27-7-9-28(10-8-27)64(59,60)54-12-14-63-15-13-54)33(18-23-16-25(45)20-26(46)17-23)51-36(57)22-55-40-38(39(53-55)41(47)48)30-21-31(30)44(40,49)50/h3-11,16-17,19-20,30-31,33,41H,12-15,18,21-22H2,1-2H3,(H,51,57)/t30-,31+,33?/m0/s1. The SMILES string of the molecule is COc1cccc(OC)c1-c1ccc2c(=O)n(-c3ccc(S(=O)(=O)N4CCOCC4)cc3)c(C(Cc3cc(F)cc(F)c3)NC(=O)Cn3nc(C(F)F)c4c3C(F)(F)[C@@H]3C[C@H]43)nc2c1. The van der Waals surface area contributed by atoms with E-state index in [9.17, 15) is 35.6 Å². The summed E-state index contributed by atoms with van der Waals surface area (Å²) in [7, 11) is -1.07. The molecule has 20 heteroatoms. The van der Waals surface area contributed by atoms with Gasteiger partial charge in [-0.3, -0.25) is 18.8 Å². The molecule has 3 atom stereocenters. The molecule has 334 valence electrons. The summed E-state index contributed by atoms with van der Waals surface area (Å²) in [6, 6.07) is 16.2. The van der Waals surface area contributed by atoms with E-state index in [1.807, 2.05) is 0 Å². The number of aromatic nitrogens is 4. The number of carbonyl (C=O) groups excluding carboxylic acids is 1. The number of amides is 1. The largest absolute Gasteiger partial charge is 0.496 e. The van der Waals surface area contributed by atoms with Crippen molar-refractivity contribution >= 4 is 26.8 Å². The van der Waals surface area contributed by atoms with Crippen LogP contribution < -0.4 is 20.3 Å². The molecule has 1 N–H and O–H groups in total. The molecule has 9 rings (SSSR count). The average molecular weight is 909 g/mol. The maximum absolute atomic E-state index is 15.5. The van der Waals surface area contributed by atoms with E-state index < -0.39 is 87.7 Å². The van der Waals surface area contributed by atoms with Crippen molar-refractivity contribution in [2.45, 2.75) is 48.6 Å². The normalized spacial score (nSPS) is 18.5. The fourth-order valence-corrected chi connectivity index (χ4v) is 10.2. The number of nitrogens with zero attached hydrogens (tertiary/aromatic N) is 5. The number of carbonyl (C=O) groups is 1. The molecule has 1 amide bonds. The van der Waals surface area contributed by atoms with Gasteiger partial charge in [0.2, 0.25) is 15.9 Å². The van der Waals surface area contributed by atoms with E-state index in [4.69, 9.17) is 19.2 Å². The first-order chi connectivity index (χ1) is 30.6. The van der Waals surface area contributed by atoms with Crippen molar-refractivity contribution in [3.05, 3.63) is 129 Å². The van der Waals surface area contributed by atoms with E-state index in [-0.39, 0.29) is 71.2 Å². The number of benzene rings is 4. The summed E-state index contributed by atoms with van der Waals surface area (Å²) in [5.41, 5.74) is -1.50. The maximum atomic E-state index is 15.5. The lowest BCUT2D eigenvalue weighted by Crippen LogP contribution is -2.40. The third kappa shape index (κ3) is 7.55. The highest BCUT2D eigenvalue weighted by molar-refractivity contribution is 7.89. The predicted molar refractivity (Wildman–Crippen MR) is 218 cm³/mol. The first kappa shape index (κ1) is 43.0. The summed E-state index contributed by atoms with van der Waals surface area (Å²) in [6.45, 7) is -0.326. The van der Waals surface area contributed by atoms with Crippen molar-refractivity contribution in [3.63, 3.8) is 0 Å². The van der Waals surface area contributed by atoms with Crippen molar-refractivity contribution in [2.75, 3.05) is 40.5 Å². The Labute approximate surface area is 361 Å². The lowest BCUT2D eigenvalue weighted by Gasteiger charge is -2.26. The minimum atomic E-state index is -3.99. The smallest absolute Gasteiger partial charge is 0.293 e. The highest BCUT2D eigenvalue weighted by Gasteiger charge is 2.67. The van der Waals surface area contributed by atoms with E-state index in [0.717, 1.165) is 16.7 Å². The van der Waals surface area contributed by atoms with Gasteiger partial charge in [0, 0.05) is 37.1 Å². The Kier molecular flexibility index (Phi) is 11.0. The van der Waals surface area contributed by atoms with Crippen molar-refractivity contribution in [1.29, 1.82) is 0 Å². The number of rotatable bonds is 13. The number of hydrogen-bond acceptors (Lipinski definition) is 9. The van der Waals surface area contributed by atoms with Gasteiger partial charge >= 0.3 is 0 Å². The van der Waals surface area contributed by atoms with Crippen LogP contribution in [0.15, 0.2) is 88.6 Å². The first-order valence-electron chi connectivity index (χ1n) is 20.1. The molecule has 2 aromatic heterocycles. The van der Waals surface area contributed by atoms with E-state index in [1.165, 1.54) is 48.9 Å². The molecule has 0 radical (unpaired) electrons. The van der Waals surface area contributed by atoms with Crippen LogP contribution in [0.1, 0.15) is 53.1 Å². The second-order valence-corrected chi connectivity index (χ2v) is 17.6. The quantitative estimate of drug-likeness (QED) is 0.124. The number of halogens is 6. The minimum absolute atomic E-state index is 0.000709. The number of sulfonamides is 1. The molecule has 0 bridgehead atoms. The summed E-state index contributed by atoms with van der Waals surface area (Å²) in [5.74, 6) is -7.93. The molecule has 3 heterocycles. The molecule has 1 saturated heterocycles. The summed E-state index contributed by atoms with van der Waals surface area (Å²) in [4.78, 5) is 33.7. The van der Waals surface area contributed by atoms with E-state index in [0.29, 0.717) is 33.4 Å². The van der Waals surface area contributed by atoms with Gasteiger partial charge in [-0.15, -0.1) is 0 Å². The second kappa shape index (κ2) is 16.4. The van der Waals surface area contributed by atoms with E-state index in [2.05, 4.69) is 10.4 Å². The predicted octanol–water partition coefficient (Wildman–Crippen LogP) is 6.81. The molecular formula is C44H38F6N6O7S. The Bertz CT molecular complexity index is 2950. The van der Waals surface area contributed by atoms with Crippen LogP contribution in [-0.4, -0.2) is 78.5 Å². The zero-order valence-electron chi connectivity index (χ0n) is 34.0. The first-order valence-corrected chi connectivity index (χ1v) is 21.5.